The van der Waals surface area contributed by atoms with E-state index in [4.69, 9.17) is 0 Å². The first-order valence-electron chi connectivity index (χ1n) is 8.76. The van der Waals surface area contributed by atoms with Crippen LogP contribution in [0.25, 0.3) is 0 Å². The van der Waals surface area contributed by atoms with Crippen LogP contribution in [0.4, 0.5) is 5.69 Å². The number of carbonyl (C=O) groups excluding carboxylic acids is 2. The number of anilines is 1. The predicted octanol–water partition coefficient (Wildman–Crippen LogP) is 3.87. The van der Waals surface area contributed by atoms with Crippen molar-refractivity contribution in [3.8, 4) is 0 Å². The maximum absolute atomic E-state index is 13.0. The van der Waals surface area contributed by atoms with E-state index in [9.17, 15) is 9.59 Å². The molecule has 2 rings (SSSR count). The molecule has 0 aliphatic rings. The first-order valence-corrected chi connectivity index (χ1v) is 8.76. The number of unbranched alkanes of at least 4 members (excludes halogenated alkanes) is 1. The molecular weight excluding hydrogens is 312 g/mol. The topological polar surface area (TPSA) is 40.6 Å². The number of hydrogen-bond donors (Lipinski definition) is 0. The zero-order valence-corrected chi connectivity index (χ0v) is 15.0. The molecule has 0 unspecified atom stereocenters. The van der Waals surface area contributed by atoms with Crippen LogP contribution < -0.4 is 4.90 Å². The average Bonchev–Trinajstić information content (AvgIpc) is 2.64. The van der Waals surface area contributed by atoms with Crippen molar-refractivity contribution in [1.82, 2.24) is 4.90 Å². The summed E-state index contributed by atoms with van der Waals surface area (Å²) < 4.78 is 0. The highest BCUT2D eigenvalue weighted by Crippen LogP contribution is 2.17. The molecule has 0 aliphatic carbocycles. The van der Waals surface area contributed by atoms with Crippen molar-refractivity contribution in [3.05, 3.63) is 66.2 Å². The second-order valence-electron chi connectivity index (χ2n) is 6.10. The zero-order chi connectivity index (χ0) is 18.1. The number of para-hydroxylation sites is 1. The van der Waals surface area contributed by atoms with Gasteiger partial charge in [-0.1, -0.05) is 61.9 Å². The van der Waals surface area contributed by atoms with Gasteiger partial charge in [-0.2, -0.15) is 0 Å². The summed E-state index contributed by atoms with van der Waals surface area (Å²) in [6.45, 7) is 4.81. The first-order chi connectivity index (χ1) is 12.1. The summed E-state index contributed by atoms with van der Waals surface area (Å²) in [5.41, 5.74) is 1.90. The van der Waals surface area contributed by atoms with Crippen molar-refractivity contribution in [2.24, 2.45) is 0 Å². The van der Waals surface area contributed by atoms with E-state index in [0.717, 1.165) is 24.1 Å². The molecule has 0 atom stereocenters. The van der Waals surface area contributed by atoms with Crippen molar-refractivity contribution >= 4 is 17.5 Å². The van der Waals surface area contributed by atoms with Crippen molar-refractivity contribution in [2.45, 2.75) is 33.2 Å². The van der Waals surface area contributed by atoms with Gasteiger partial charge < -0.3 is 9.80 Å². The third kappa shape index (κ3) is 5.75. The molecule has 4 nitrogen and oxygen atoms in total. The van der Waals surface area contributed by atoms with Crippen molar-refractivity contribution in [1.29, 1.82) is 0 Å². The fourth-order valence-electron chi connectivity index (χ4n) is 2.64. The molecule has 0 fully saturated rings. The Labute approximate surface area is 150 Å². The average molecular weight is 338 g/mol. The molecule has 0 saturated heterocycles. The van der Waals surface area contributed by atoms with E-state index >= 15 is 0 Å². The van der Waals surface area contributed by atoms with Crippen LogP contribution in [0.3, 0.4) is 0 Å². The monoisotopic (exact) mass is 338 g/mol. The molecule has 0 aliphatic heterocycles. The molecule has 0 aromatic heterocycles. The Bertz CT molecular complexity index is 671. The highest BCUT2D eigenvalue weighted by molar-refractivity contribution is 5.96. The maximum Gasteiger partial charge on any atom is 0.246 e. The van der Waals surface area contributed by atoms with E-state index in [1.165, 1.54) is 6.92 Å². The standard InChI is InChI=1S/C21H26N2O2/c1-3-4-15-22(18(2)24)17-21(25)23(20-13-9-6-10-14-20)16-19-11-7-5-8-12-19/h5-14H,3-4,15-17H2,1-2H3. The molecule has 4 heteroatoms. The van der Waals surface area contributed by atoms with Crippen molar-refractivity contribution in [2.75, 3.05) is 18.0 Å². The molecule has 0 N–H and O–H groups in total. The summed E-state index contributed by atoms with van der Waals surface area (Å²) in [6, 6.07) is 19.5. The van der Waals surface area contributed by atoms with Crippen LogP contribution in [-0.2, 0) is 16.1 Å². The Hall–Kier alpha value is -2.62. The fourth-order valence-corrected chi connectivity index (χ4v) is 2.64. The Morgan fingerprint density at radius 2 is 1.52 bits per heavy atom. The van der Waals surface area contributed by atoms with Gasteiger partial charge in [0.25, 0.3) is 0 Å². The molecule has 132 valence electrons. The lowest BCUT2D eigenvalue weighted by Crippen LogP contribution is -2.42. The number of benzene rings is 2. The van der Waals surface area contributed by atoms with Crippen LogP contribution in [0.1, 0.15) is 32.3 Å². The minimum Gasteiger partial charge on any atom is -0.334 e. The summed E-state index contributed by atoms with van der Waals surface area (Å²) in [7, 11) is 0. The Balaban J connectivity index is 2.19. The quantitative estimate of drug-likeness (QED) is 0.733. The van der Waals surface area contributed by atoms with Crippen molar-refractivity contribution < 1.29 is 9.59 Å². The van der Waals surface area contributed by atoms with Gasteiger partial charge in [0, 0.05) is 19.2 Å². The van der Waals surface area contributed by atoms with Gasteiger partial charge >= 0.3 is 0 Å². The fraction of sp³-hybridized carbons (Fsp3) is 0.333. The Morgan fingerprint density at radius 1 is 0.920 bits per heavy atom. The molecule has 25 heavy (non-hydrogen) atoms. The number of amides is 2. The molecule has 0 saturated carbocycles. The summed E-state index contributed by atoms with van der Waals surface area (Å²) in [4.78, 5) is 28.2. The largest absolute Gasteiger partial charge is 0.334 e. The van der Waals surface area contributed by atoms with Crippen LogP contribution >= 0.6 is 0 Å². The van der Waals surface area contributed by atoms with Gasteiger partial charge in [-0.05, 0) is 24.1 Å². The first kappa shape index (κ1) is 18.7. The van der Waals surface area contributed by atoms with Gasteiger partial charge in [-0.25, -0.2) is 0 Å². The normalized spacial score (nSPS) is 10.3. The van der Waals surface area contributed by atoms with E-state index in [1.54, 1.807) is 9.80 Å². The minimum absolute atomic E-state index is 0.0606. The van der Waals surface area contributed by atoms with Gasteiger partial charge in [0.1, 0.15) is 6.54 Å². The number of nitrogens with zero attached hydrogens (tertiary/aromatic N) is 2. The lowest BCUT2D eigenvalue weighted by molar-refractivity contribution is -0.133. The lowest BCUT2D eigenvalue weighted by atomic mass is 10.2. The molecule has 0 bridgehead atoms. The third-order valence-corrected chi connectivity index (χ3v) is 4.11. The van der Waals surface area contributed by atoms with Crippen molar-refractivity contribution in [3.63, 3.8) is 0 Å². The SMILES string of the molecule is CCCCN(CC(=O)N(Cc1ccccc1)c1ccccc1)C(C)=O. The summed E-state index contributed by atoms with van der Waals surface area (Å²) in [5.74, 6) is -0.129. The molecule has 2 aromatic carbocycles. The van der Waals surface area contributed by atoms with Gasteiger partial charge in [0.2, 0.25) is 11.8 Å². The van der Waals surface area contributed by atoms with E-state index in [-0.39, 0.29) is 18.4 Å². The van der Waals surface area contributed by atoms with E-state index in [0.29, 0.717) is 13.1 Å². The van der Waals surface area contributed by atoms with Gasteiger partial charge in [0.15, 0.2) is 0 Å². The van der Waals surface area contributed by atoms with Crippen LogP contribution in [0.15, 0.2) is 60.7 Å². The van der Waals surface area contributed by atoms with Crippen LogP contribution in [-0.4, -0.2) is 29.8 Å². The van der Waals surface area contributed by atoms with Crippen LogP contribution in [0.2, 0.25) is 0 Å². The Morgan fingerprint density at radius 3 is 2.08 bits per heavy atom. The zero-order valence-electron chi connectivity index (χ0n) is 15.0. The van der Waals surface area contributed by atoms with E-state index < -0.39 is 0 Å². The number of rotatable bonds is 8. The summed E-state index contributed by atoms with van der Waals surface area (Å²) in [5, 5.41) is 0. The van der Waals surface area contributed by atoms with Gasteiger partial charge in [-0.3, -0.25) is 9.59 Å². The number of carbonyl (C=O) groups is 2. The minimum atomic E-state index is -0.0682. The third-order valence-electron chi connectivity index (χ3n) is 4.11. The molecule has 2 amide bonds. The Kier molecular flexibility index (Phi) is 7.20. The van der Waals surface area contributed by atoms with E-state index in [1.807, 2.05) is 60.7 Å². The highest BCUT2D eigenvalue weighted by atomic mass is 16.2. The molecule has 0 heterocycles. The second kappa shape index (κ2) is 9.62. The van der Waals surface area contributed by atoms with Crippen LogP contribution in [0.5, 0.6) is 0 Å². The van der Waals surface area contributed by atoms with Gasteiger partial charge in [0.05, 0.1) is 6.54 Å². The second-order valence-corrected chi connectivity index (χ2v) is 6.10. The molecule has 0 spiro atoms. The van der Waals surface area contributed by atoms with Gasteiger partial charge in [-0.15, -0.1) is 0 Å². The summed E-state index contributed by atoms with van der Waals surface area (Å²) in [6.07, 6.45) is 1.89. The summed E-state index contributed by atoms with van der Waals surface area (Å²) >= 11 is 0. The number of hydrogen-bond acceptors (Lipinski definition) is 2. The maximum atomic E-state index is 13.0. The molecular formula is C21H26N2O2. The molecule has 2 aromatic rings. The molecule has 0 radical (unpaired) electrons. The van der Waals surface area contributed by atoms with E-state index in [2.05, 4.69) is 6.92 Å². The lowest BCUT2D eigenvalue weighted by Gasteiger charge is -2.27. The van der Waals surface area contributed by atoms with Crippen LogP contribution in [0, 0.1) is 0 Å². The highest BCUT2D eigenvalue weighted by Gasteiger charge is 2.20. The smallest absolute Gasteiger partial charge is 0.246 e. The predicted molar refractivity (Wildman–Crippen MR) is 101 cm³/mol.